The third-order valence-electron chi connectivity index (χ3n) is 4.94. The summed E-state index contributed by atoms with van der Waals surface area (Å²) in [6, 6.07) is 0. The lowest BCUT2D eigenvalue weighted by atomic mass is 9.67. The predicted octanol–water partition coefficient (Wildman–Crippen LogP) is 4.45. The summed E-state index contributed by atoms with van der Waals surface area (Å²) in [5.41, 5.74) is 0.903. The Morgan fingerprint density at radius 3 is 2.71 bits per heavy atom. The molecule has 2 aliphatic carbocycles. The molecule has 1 fully saturated rings. The molecule has 0 heterocycles. The molecule has 0 bridgehead atoms. The highest BCUT2D eigenvalue weighted by atomic mass is 16.3. The fourth-order valence-electron chi connectivity index (χ4n) is 3.69. The minimum atomic E-state index is -0.468. The highest BCUT2D eigenvalue weighted by Gasteiger charge is 2.40. The average Bonchev–Trinajstić information content (AvgIpc) is 2.23. The van der Waals surface area contributed by atoms with Crippen molar-refractivity contribution < 1.29 is 5.11 Å². The van der Waals surface area contributed by atoms with E-state index in [1.807, 2.05) is 0 Å². The van der Waals surface area contributed by atoms with Gasteiger partial charge in [0.2, 0.25) is 0 Å². The van der Waals surface area contributed by atoms with Gasteiger partial charge in [-0.15, -0.1) is 0 Å². The second kappa shape index (κ2) is 5.56. The largest absolute Gasteiger partial charge is 0.385 e. The van der Waals surface area contributed by atoms with Crippen LogP contribution in [0.2, 0.25) is 0 Å². The van der Waals surface area contributed by atoms with E-state index in [1.54, 1.807) is 0 Å². The average molecular weight is 236 g/mol. The molecule has 3 atom stereocenters. The van der Waals surface area contributed by atoms with E-state index >= 15 is 0 Å². The standard InChI is InChI=1S/C16H28O/c1-13-10-11-16(17,14(2)12-13)15-8-6-4-3-5-7-9-15/h8,13-14,17H,3-7,9-12H2,1-2H3. The Morgan fingerprint density at radius 1 is 1.18 bits per heavy atom. The Hall–Kier alpha value is -0.300. The number of rotatable bonds is 1. The second-order valence-electron chi connectivity index (χ2n) is 6.39. The maximum atomic E-state index is 11.0. The number of allylic oxidation sites excluding steroid dienone is 1. The molecular formula is C16H28O. The molecule has 0 aliphatic heterocycles. The molecule has 0 saturated heterocycles. The molecule has 0 aromatic rings. The van der Waals surface area contributed by atoms with Crippen LogP contribution in [0, 0.1) is 11.8 Å². The first-order valence-corrected chi connectivity index (χ1v) is 7.55. The van der Waals surface area contributed by atoms with Crippen molar-refractivity contribution in [2.24, 2.45) is 11.8 Å². The van der Waals surface area contributed by atoms with Crippen LogP contribution in [-0.4, -0.2) is 10.7 Å². The Balaban J connectivity index is 2.12. The summed E-state index contributed by atoms with van der Waals surface area (Å²) in [6.07, 6.45) is 13.3. The van der Waals surface area contributed by atoms with E-state index in [-0.39, 0.29) is 0 Å². The maximum Gasteiger partial charge on any atom is 0.0882 e. The second-order valence-corrected chi connectivity index (χ2v) is 6.39. The van der Waals surface area contributed by atoms with Crippen LogP contribution in [0.25, 0.3) is 0 Å². The molecule has 1 N–H and O–H groups in total. The van der Waals surface area contributed by atoms with Gasteiger partial charge in [0.05, 0.1) is 5.60 Å². The summed E-state index contributed by atoms with van der Waals surface area (Å²) in [7, 11) is 0. The molecule has 1 saturated carbocycles. The number of hydrogen-bond donors (Lipinski definition) is 1. The molecule has 0 spiro atoms. The van der Waals surface area contributed by atoms with E-state index in [0.29, 0.717) is 5.92 Å². The summed E-state index contributed by atoms with van der Waals surface area (Å²) >= 11 is 0. The van der Waals surface area contributed by atoms with Crippen LogP contribution in [0.15, 0.2) is 11.6 Å². The molecule has 0 aromatic carbocycles. The van der Waals surface area contributed by atoms with Gasteiger partial charge in [0, 0.05) is 0 Å². The first kappa shape index (κ1) is 13.1. The van der Waals surface area contributed by atoms with Crippen molar-refractivity contribution in [3.8, 4) is 0 Å². The van der Waals surface area contributed by atoms with Gasteiger partial charge in [-0.1, -0.05) is 32.8 Å². The van der Waals surface area contributed by atoms with Crippen LogP contribution in [0.1, 0.15) is 71.6 Å². The summed E-state index contributed by atoms with van der Waals surface area (Å²) in [4.78, 5) is 0. The van der Waals surface area contributed by atoms with Crippen LogP contribution in [-0.2, 0) is 0 Å². The Kier molecular flexibility index (Phi) is 4.30. The molecule has 17 heavy (non-hydrogen) atoms. The third kappa shape index (κ3) is 2.93. The monoisotopic (exact) mass is 236 g/mol. The fourth-order valence-corrected chi connectivity index (χ4v) is 3.69. The van der Waals surface area contributed by atoms with Crippen molar-refractivity contribution in [1.29, 1.82) is 0 Å². The number of hydrogen-bond acceptors (Lipinski definition) is 1. The Morgan fingerprint density at radius 2 is 1.94 bits per heavy atom. The highest BCUT2D eigenvalue weighted by Crippen LogP contribution is 2.43. The molecule has 98 valence electrons. The summed E-state index contributed by atoms with van der Waals surface area (Å²) in [6.45, 7) is 4.57. The van der Waals surface area contributed by atoms with Crippen LogP contribution >= 0.6 is 0 Å². The van der Waals surface area contributed by atoms with Gasteiger partial charge >= 0.3 is 0 Å². The zero-order valence-corrected chi connectivity index (χ0v) is 11.5. The molecular weight excluding hydrogens is 208 g/mol. The molecule has 0 amide bonds. The summed E-state index contributed by atoms with van der Waals surface area (Å²) in [5, 5.41) is 11.0. The Bertz CT molecular complexity index is 281. The van der Waals surface area contributed by atoms with Crippen molar-refractivity contribution in [2.75, 3.05) is 0 Å². The molecule has 1 heteroatoms. The lowest BCUT2D eigenvalue weighted by Crippen LogP contribution is -2.43. The molecule has 1 nitrogen and oxygen atoms in total. The molecule has 3 unspecified atom stereocenters. The van der Waals surface area contributed by atoms with E-state index in [1.165, 1.54) is 50.5 Å². The molecule has 0 radical (unpaired) electrons. The molecule has 2 rings (SSSR count). The Labute approximate surface area is 106 Å². The van der Waals surface area contributed by atoms with Crippen molar-refractivity contribution in [2.45, 2.75) is 77.2 Å². The molecule has 0 aromatic heterocycles. The van der Waals surface area contributed by atoms with E-state index < -0.39 is 5.60 Å². The van der Waals surface area contributed by atoms with Gasteiger partial charge < -0.3 is 5.11 Å². The third-order valence-corrected chi connectivity index (χ3v) is 4.94. The minimum Gasteiger partial charge on any atom is -0.385 e. The van der Waals surface area contributed by atoms with Crippen molar-refractivity contribution in [3.05, 3.63) is 11.6 Å². The van der Waals surface area contributed by atoms with E-state index in [4.69, 9.17) is 0 Å². The SMILES string of the molecule is CC1CCC(O)(C2=CCCCCCC2)C(C)C1. The van der Waals surface area contributed by atoms with Gasteiger partial charge in [0.15, 0.2) is 0 Å². The van der Waals surface area contributed by atoms with Gasteiger partial charge in [-0.3, -0.25) is 0 Å². The lowest BCUT2D eigenvalue weighted by molar-refractivity contribution is -0.0239. The minimum absolute atomic E-state index is 0.442. The first-order valence-electron chi connectivity index (χ1n) is 7.55. The quantitative estimate of drug-likeness (QED) is 0.667. The zero-order valence-electron chi connectivity index (χ0n) is 11.5. The molecule has 2 aliphatic rings. The first-order chi connectivity index (χ1) is 8.13. The smallest absolute Gasteiger partial charge is 0.0882 e. The van der Waals surface area contributed by atoms with Gasteiger partial charge in [-0.25, -0.2) is 0 Å². The predicted molar refractivity (Wildman–Crippen MR) is 72.9 cm³/mol. The van der Waals surface area contributed by atoms with Crippen LogP contribution in [0.5, 0.6) is 0 Å². The van der Waals surface area contributed by atoms with E-state index in [2.05, 4.69) is 19.9 Å². The lowest BCUT2D eigenvalue weighted by Gasteiger charge is -2.43. The van der Waals surface area contributed by atoms with Crippen molar-refractivity contribution in [1.82, 2.24) is 0 Å². The maximum absolute atomic E-state index is 11.0. The van der Waals surface area contributed by atoms with E-state index in [0.717, 1.165) is 18.8 Å². The van der Waals surface area contributed by atoms with Crippen molar-refractivity contribution >= 4 is 0 Å². The van der Waals surface area contributed by atoms with Gasteiger partial charge in [-0.05, 0) is 62.4 Å². The fraction of sp³-hybridized carbons (Fsp3) is 0.875. The van der Waals surface area contributed by atoms with Gasteiger partial charge in [0.1, 0.15) is 0 Å². The van der Waals surface area contributed by atoms with Crippen LogP contribution < -0.4 is 0 Å². The van der Waals surface area contributed by atoms with Crippen LogP contribution in [0.3, 0.4) is 0 Å². The summed E-state index contributed by atoms with van der Waals surface area (Å²) in [5.74, 6) is 1.23. The zero-order chi connectivity index (χ0) is 12.3. The van der Waals surface area contributed by atoms with Crippen molar-refractivity contribution in [3.63, 3.8) is 0 Å². The highest BCUT2D eigenvalue weighted by molar-refractivity contribution is 5.20. The summed E-state index contributed by atoms with van der Waals surface area (Å²) < 4.78 is 0. The number of aliphatic hydroxyl groups is 1. The normalized spacial score (nSPS) is 40.3. The topological polar surface area (TPSA) is 20.2 Å². The van der Waals surface area contributed by atoms with Crippen LogP contribution in [0.4, 0.5) is 0 Å². The van der Waals surface area contributed by atoms with Gasteiger partial charge in [0.25, 0.3) is 0 Å². The van der Waals surface area contributed by atoms with Gasteiger partial charge in [-0.2, -0.15) is 0 Å². The van der Waals surface area contributed by atoms with E-state index in [9.17, 15) is 5.11 Å².